The van der Waals surface area contributed by atoms with E-state index in [-0.39, 0.29) is 22.7 Å². The van der Waals surface area contributed by atoms with Crippen LogP contribution in [0.2, 0.25) is 0 Å². The highest BCUT2D eigenvalue weighted by molar-refractivity contribution is 9.10. The highest BCUT2D eigenvalue weighted by Crippen LogP contribution is 2.39. The number of rotatable bonds is 6. The molecular weight excluding hydrogens is 367 g/mol. The molecule has 0 saturated carbocycles. The molecule has 0 N–H and O–H groups in total. The van der Waals surface area contributed by atoms with Crippen LogP contribution in [0.5, 0.6) is 5.88 Å². The topological polar surface area (TPSA) is 61.0 Å². The average Bonchev–Trinajstić information content (AvgIpc) is 2.97. The fourth-order valence-corrected chi connectivity index (χ4v) is 2.10. The van der Waals surface area contributed by atoms with Gasteiger partial charge in [0.15, 0.2) is 0 Å². The van der Waals surface area contributed by atoms with Gasteiger partial charge < -0.3 is 9.15 Å². The van der Waals surface area contributed by atoms with Crippen molar-refractivity contribution in [3.63, 3.8) is 0 Å². The quantitative estimate of drug-likeness (QED) is 0.555. The molecule has 9 heteroatoms. The molecule has 2 aromatic rings. The summed E-state index contributed by atoms with van der Waals surface area (Å²) >= 11 is 3.03. The molecule has 0 radical (unpaired) electrons. The number of hydrogen-bond acceptors (Lipinski definition) is 5. The van der Waals surface area contributed by atoms with Gasteiger partial charge in [-0.15, -0.1) is 16.8 Å². The summed E-state index contributed by atoms with van der Waals surface area (Å²) < 4.78 is 49.4. The van der Waals surface area contributed by atoms with Gasteiger partial charge in [0.25, 0.3) is 5.89 Å². The van der Waals surface area contributed by atoms with Crippen molar-refractivity contribution in [2.75, 3.05) is 6.61 Å². The molecule has 118 valence electrons. The summed E-state index contributed by atoms with van der Waals surface area (Å²) in [6, 6.07) is 0.884. The Morgan fingerprint density at radius 3 is 2.77 bits per heavy atom. The van der Waals surface area contributed by atoms with E-state index in [1.807, 2.05) is 0 Å². The third-order valence-electron chi connectivity index (χ3n) is 2.60. The molecule has 0 fully saturated rings. The summed E-state index contributed by atoms with van der Waals surface area (Å²) in [6.45, 7) is 3.63. The third-order valence-corrected chi connectivity index (χ3v) is 3.20. The zero-order valence-electron chi connectivity index (χ0n) is 11.2. The van der Waals surface area contributed by atoms with Crippen LogP contribution in [-0.4, -0.2) is 21.8 Å². The second kappa shape index (κ2) is 6.91. The van der Waals surface area contributed by atoms with Crippen molar-refractivity contribution in [3.8, 4) is 17.5 Å². The lowest BCUT2D eigenvalue weighted by molar-refractivity contribution is -0.139. The summed E-state index contributed by atoms with van der Waals surface area (Å²) in [7, 11) is 0. The summed E-state index contributed by atoms with van der Waals surface area (Å²) in [5, 5.41) is 7.11. The minimum Gasteiger partial charge on any atom is -0.477 e. The van der Waals surface area contributed by atoms with Crippen molar-refractivity contribution in [2.45, 2.75) is 19.0 Å². The number of unbranched alkanes of at least 4 members (excludes halogenated alkanes) is 1. The summed E-state index contributed by atoms with van der Waals surface area (Å²) in [5.41, 5.74) is -0.884. The normalized spacial score (nSPS) is 11.5. The van der Waals surface area contributed by atoms with Gasteiger partial charge in [-0.2, -0.15) is 13.2 Å². The van der Waals surface area contributed by atoms with Crippen LogP contribution >= 0.6 is 15.9 Å². The molecule has 0 atom stereocenters. The Morgan fingerprint density at radius 2 is 2.18 bits per heavy atom. The zero-order valence-corrected chi connectivity index (χ0v) is 12.8. The van der Waals surface area contributed by atoms with E-state index < -0.39 is 17.6 Å². The molecule has 0 aliphatic carbocycles. The van der Waals surface area contributed by atoms with Gasteiger partial charge in [-0.25, -0.2) is 4.98 Å². The van der Waals surface area contributed by atoms with Crippen LogP contribution in [0.3, 0.4) is 0 Å². The fraction of sp³-hybridized carbons (Fsp3) is 0.308. The first-order valence-corrected chi connectivity index (χ1v) is 7.00. The van der Waals surface area contributed by atoms with Crippen LogP contribution in [0, 0.1) is 0 Å². The Balaban J connectivity index is 2.38. The van der Waals surface area contributed by atoms with E-state index >= 15 is 0 Å². The molecule has 2 rings (SSSR count). The summed E-state index contributed by atoms with van der Waals surface area (Å²) in [4.78, 5) is 3.87. The number of aromatic nitrogens is 3. The number of halogens is 4. The maximum Gasteiger partial charge on any atom is 0.421 e. The Labute approximate surface area is 132 Å². The lowest BCUT2D eigenvalue weighted by Gasteiger charge is -2.14. The highest BCUT2D eigenvalue weighted by Gasteiger charge is 2.36. The van der Waals surface area contributed by atoms with Gasteiger partial charge in [-0.05, 0) is 34.8 Å². The van der Waals surface area contributed by atoms with Gasteiger partial charge in [-0.1, -0.05) is 6.08 Å². The lowest BCUT2D eigenvalue weighted by atomic mass is 10.2. The lowest BCUT2D eigenvalue weighted by Crippen LogP contribution is -2.12. The molecule has 0 saturated heterocycles. The van der Waals surface area contributed by atoms with Crippen LogP contribution in [0.15, 0.2) is 34.0 Å². The van der Waals surface area contributed by atoms with Crippen LogP contribution in [0.1, 0.15) is 18.4 Å². The van der Waals surface area contributed by atoms with E-state index in [1.54, 1.807) is 6.08 Å². The zero-order chi connectivity index (χ0) is 16.2. The van der Waals surface area contributed by atoms with E-state index in [4.69, 9.17) is 9.15 Å². The Hall–Kier alpha value is -1.90. The number of hydrogen-bond donors (Lipinski definition) is 0. The Kier molecular flexibility index (Phi) is 5.17. The van der Waals surface area contributed by atoms with E-state index in [0.29, 0.717) is 12.8 Å². The number of pyridine rings is 1. The van der Waals surface area contributed by atoms with Crippen LogP contribution < -0.4 is 4.74 Å². The largest absolute Gasteiger partial charge is 0.477 e. The highest BCUT2D eigenvalue weighted by atomic mass is 79.9. The Bertz CT molecular complexity index is 645. The number of alkyl halides is 3. The molecule has 2 aromatic heterocycles. The standard InChI is InChI=1S/C13H11BrF3N3O2/c1-2-3-4-5-21-11-8(13(15,16)17)6-9(14)10(19-11)12-20-18-7-22-12/h2,6-7H,1,3-5H2. The molecule has 0 spiro atoms. The minimum atomic E-state index is -4.59. The molecule has 22 heavy (non-hydrogen) atoms. The molecule has 5 nitrogen and oxygen atoms in total. The molecule has 0 aliphatic heterocycles. The molecule has 0 bridgehead atoms. The van der Waals surface area contributed by atoms with E-state index in [9.17, 15) is 13.2 Å². The minimum absolute atomic E-state index is 0.00320. The van der Waals surface area contributed by atoms with Crippen molar-refractivity contribution in [1.29, 1.82) is 0 Å². The van der Waals surface area contributed by atoms with Gasteiger partial charge >= 0.3 is 6.18 Å². The van der Waals surface area contributed by atoms with Crippen LogP contribution in [0.25, 0.3) is 11.6 Å². The molecule has 0 aliphatic rings. The van der Waals surface area contributed by atoms with Gasteiger partial charge in [0, 0.05) is 4.47 Å². The predicted octanol–water partition coefficient (Wildman–Crippen LogP) is 4.26. The first kappa shape index (κ1) is 16.5. The van der Waals surface area contributed by atoms with Crippen molar-refractivity contribution in [1.82, 2.24) is 15.2 Å². The third kappa shape index (κ3) is 3.85. The predicted molar refractivity (Wildman–Crippen MR) is 75.2 cm³/mol. The van der Waals surface area contributed by atoms with Gasteiger partial charge in [0.2, 0.25) is 12.3 Å². The summed E-state index contributed by atoms with van der Waals surface area (Å²) in [6.07, 6.45) is -0.696. The van der Waals surface area contributed by atoms with Crippen molar-refractivity contribution < 1.29 is 22.3 Å². The van der Waals surface area contributed by atoms with Crippen LogP contribution in [0.4, 0.5) is 13.2 Å². The monoisotopic (exact) mass is 377 g/mol. The smallest absolute Gasteiger partial charge is 0.421 e. The number of ether oxygens (including phenoxy) is 1. The Morgan fingerprint density at radius 1 is 1.41 bits per heavy atom. The molecule has 0 unspecified atom stereocenters. The second-order valence-electron chi connectivity index (χ2n) is 4.19. The van der Waals surface area contributed by atoms with Crippen LogP contribution in [-0.2, 0) is 6.18 Å². The maximum absolute atomic E-state index is 13.1. The van der Waals surface area contributed by atoms with Gasteiger partial charge in [0.05, 0.1) is 6.61 Å². The van der Waals surface area contributed by atoms with E-state index in [0.717, 1.165) is 12.5 Å². The fourth-order valence-electron chi connectivity index (χ4n) is 1.61. The van der Waals surface area contributed by atoms with Gasteiger partial charge in [0.1, 0.15) is 11.3 Å². The average molecular weight is 378 g/mol. The maximum atomic E-state index is 13.1. The SMILES string of the molecule is C=CCCCOc1nc(-c2nnco2)c(Br)cc1C(F)(F)F. The van der Waals surface area contributed by atoms with Crippen molar-refractivity contribution >= 4 is 15.9 Å². The van der Waals surface area contributed by atoms with Crippen molar-refractivity contribution in [2.24, 2.45) is 0 Å². The number of nitrogens with zero attached hydrogens (tertiary/aromatic N) is 3. The number of allylic oxidation sites excluding steroid dienone is 1. The molecular formula is C13H11BrF3N3O2. The van der Waals surface area contributed by atoms with E-state index in [1.165, 1.54) is 0 Å². The molecule has 0 aromatic carbocycles. The molecule has 2 heterocycles. The van der Waals surface area contributed by atoms with Gasteiger partial charge in [-0.3, -0.25) is 0 Å². The van der Waals surface area contributed by atoms with E-state index in [2.05, 4.69) is 37.7 Å². The van der Waals surface area contributed by atoms with Crippen molar-refractivity contribution in [3.05, 3.63) is 35.2 Å². The summed E-state index contributed by atoms with van der Waals surface area (Å²) in [5.74, 6) is -0.524. The first-order chi connectivity index (χ1) is 10.4. The molecule has 0 amide bonds. The first-order valence-electron chi connectivity index (χ1n) is 6.21. The second-order valence-corrected chi connectivity index (χ2v) is 5.05.